The van der Waals surface area contributed by atoms with Crippen molar-refractivity contribution in [3.8, 4) is 0 Å². The number of nitrogens with two attached hydrogens (primary N) is 1. The summed E-state index contributed by atoms with van der Waals surface area (Å²) in [5.41, 5.74) is 6.56. The molecule has 0 aliphatic carbocycles. The standard InChI is InChI=1S/C10H10FNS/c11-5-9(12)8-6-13-10-4-2-1-3-7(8)10/h1-4,6,9H,5,12H2/t9-/m1/s1. The fourth-order valence-electron chi connectivity index (χ4n) is 1.37. The van der Waals surface area contributed by atoms with Gasteiger partial charge in [-0.3, -0.25) is 0 Å². The van der Waals surface area contributed by atoms with Crippen molar-refractivity contribution in [2.24, 2.45) is 5.73 Å². The van der Waals surface area contributed by atoms with E-state index in [2.05, 4.69) is 0 Å². The summed E-state index contributed by atoms with van der Waals surface area (Å²) >= 11 is 1.61. The number of fused-ring (bicyclic) bond motifs is 1. The SMILES string of the molecule is N[C@H](CF)c1csc2ccccc12. The third kappa shape index (κ3) is 1.45. The van der Waals surface area contributed by atoms with Crippen molar-refractivity contribution >= 4 is 21.4 Å². The van der Waals surface area contributed by atoms with E-state index in [9.17, 15) is 4.39 Å². The number of thiophene rings is 1. The molecule has 0 aliphatic rings. The lowest BCUT2D eigenvalue weighted by Gasteiger charge is -2.04. The third-order valence-electron chi connectivity index (χ3n) is 2.08. The van der Waals surface area contributed by atoms with Crippen molar-refractivity contribution in [3.63, 3.8) is 0 Å². The highest BCUT2D eigenvalue weighted by atomic mass is 32.1. The van der Waals surface area contributed by atoms with Gasteiger partial charge in [-0.15, -0.1) is 11.3 Å². The molecule has 1 heterocycles. The molecule has 2 N–H and O–H groups in total. The van der Waals surface area contributed by atoms with Crippen molar-refractivity contribution in [1.82, 2.24) is 0 Å². The first-order valence-corrected chi connectivity index (χ1v) is 4.98. The summed E-state index contributed by atoms with van der Waals surface area (Å²) in [7, 11) is 0. The van der Waals surface area contributed by atoms with Gasteiger partial charge in [0, 0.05) is 4.70 Å². The number of benzene rings is 1. The Kier molecular flexibility index (Phi) is 2.29. The van der Waals surface area contributed by atoms with E-state index in [0.29, 0.717) is 0 Å². The van der Waals surface area contributed by atoms with Crippen molar-refractivity contribution in [2.75, 3.05) is 6.67 Å². The van der Waals surface area contributed by atoms with Crippen molar-refractivity contribution < 1.29 is 4.39 Å². The minimum atomic E-state index is -0.499. The molecule has 0 saturated heterocycles. The summed E-state index contributed by atoms with van der Waals surface area (Å²) in [6.45, 7) is -0.499. The summed E-state index contributed by atoms with van der Waals surface area (Å²) in [5, 5.41) is 3.02. The summed E-state index contributed by atoms with van der Waals surface area (Å²) in [6, 6.07) is 7.45. The molecule has 68 valence electrons. The van der Waals surface area contributed by atoms with Gasteiger partial charge in [0.2, 0.25) is 0 Å². The van der Waals surface area contributed by atoms with Gasteiger partial charge in [0.25, 0.3) is 0 Å². The van der Waals surface area contributed by atoms with Crippen LogP contribution in [-0.2, 0) is 0 Å². The van der Waals surface area contributed by atoms with E-state index in [0.717, 1.165) is 10.9 Å². The monoisotopic (exact) mass is 195 g/mol. The summed E-state index contributed by atoms with van der Waals surface area (Å²) in [5.74, 6) is 0. The zero-order valence-electron chi connectivity index (χ0n) is 7.03. The molecule has 13 heavy (non-hydrogen) atoms. The van der Waals surface area contributed by atoms with Crippen molar-refractivity contribution in [3.05, 3.63) is 35.2 Å². The zero-order valence-corrected chi connectivity index (χ0v) is 7.85. The molecular formula is C10H10FNS. The quantitative estimate of drug-likeness (QED) is 0.783. The van der Waals surface area contributed by atoms with Crippen LogP contribution in [0.4, 0.5) is 4.39 Å². The van der Waals surface area contributed by atoms with Gasteiger partial charge in [-0.05, 0) is 22.4 Å². The molecule has 0 radical (unpaired) electrons. The minimum Gasteiger partial charge on any atom is -0.322 e. The second-order valence-electron chi connectivity index (χ2n) is 2.95. The summed E-state index contributed by atoms with van der Waals surface area (Å²) in [6.07, 6.45) is 0. The smallest absolute Gasteiger partial charge is 0.109 e. The molecule has 0 bridgehead atoms. The van der Waals surface area contributed by atoms with E-state index in [1.54, 1.807) is 11.3 Å². The highest BCUT2D eigenvalue weighted by molar-refractivity contribution is 7.17. The average molecular weight is 195 g/mol. The average Bonchev–Trinajstić information content (AvgIpc) is 2.60. The molecule has 0 saturated carbocycles. The second kappa shape index (κ2) is 3.44. The van der Waals surface area contributed by atoms with Gasteiger partial charge in [-0.25, -0.2) is 4.39 Å². The maximum Gasteiger partial charge on any atom is 0.109 e. The second-order valence-corrected chi connectivity index (χ2v) is 3.86. The molecule has 1 nitrogen and oxygen atoms in total. The van der Waals surface area contributed by atoms with Crippen LogP contribution in [0.1, 0.15) is 11.6 Å². The van der Waals surface area contributed by atoms with E-state index < -0.39 is 12.7 Å². The van der Waals surface area contributed by atoms with E-state index in [-0.39, 0.29) is 0 Å². The third-order valence-corrected chi connectivity index (χ3v) is 3.06. The number of hydrogen-bond donors (Lipinski definition) is 1. The molecule has 0 unspecified atom stereocenters. The van der Waals surface area contributed by atoms with E-state index in [1.165, 1.54) is 4.70 Å². The molecule has 2 rings (SSSR count). The van der Waals surface area contributed by atoms with Crippen LogP contribution in [0, 0.1) is 0 Å². The van der Waals surface area contributed by atoms with Gasteiger partial charge in [0.05, 0.1) is 6.04 Å². The molecule has 3 heteroatoms. The number of rotatable bonds is 2. The van der Waals surface area contributed by atoms with Crippen LogP contribution < -0.4 is 5.73 Å². The van der Waals surface area contributed by atoms with Gasteiger partial charge < -0.3 is 5.73 Å². The van der Waals surface area contributed by atoms with E-state index >= 15 is 0 Å². The van der Waals surface area contributed by atoms with Gasteiger partial charge in [0.15, 0.2) is 0 Å². The highest BCUT2D eigenvalue weighted by Crippen LogP contribution is 2.29. The van der Waals surface area contributed by atoms with Gasteiger partial charge >= 0.3 is 0 Å². The van der Waals surface area contributed by atoms with Gasteiger partial charge in [0.1, 0.15) is 6.67 Å². The Hall–Kier alpha value is -0.930. The van der Waals surface area contributed by atoms with Crippen LogP contribution in [0.2, 0.25) is 0 Å². The fourth-order valence-corrected chi connectivity index (χ4v) is 2.39. The van der Waals surface area contributed by atoms with Crippen LogP contribution in [0.25, 0.3) is 10.1 Å². The van der Waals surface area contributed by atoms with Crippen LogP contribution in [0.15, 0.2) is 29.6 Å². The molecule has 0 aliphatic heterocycles. The van der Waals surface area contributed by atoms with Crippen LogP contribution in [0.3, 0.4) is 0 Å². The lowest BCUT2D eigenvalue weighted by molar-refractivity contribution is 0.439. The topological polar surface area (TPSA) is 26.0 Å². The Balaban J connectivity index is 2.57. The molecule has 2 aromatic rings. The maximum atomic E-state index is 12.4. The maximum absolute atomic E-state index is 12.4. The summed E-state index contributed by atoms with van der Waals surface area (Å²) < 4.78 is 13.5. The molecule has 0 spiro atoms. The van der Waals surface area contributed by atoms with Gasteiger partial charge in [-0.2, -0.15) is 0 Å². The minimum absolute atomic E-state index is 0.476. The predicted molar refractivity (Wildman–Crippen MR) is 54.7 cm³/mol. The Morgan fingerprint density at radius 2 is 2.15 bits per heavy atom. The Bertz CT molecular complexity index is 410. The van der Waals surface area contributed by atoms with E-state index in [1.807, 2.05) is 29.6 Å². The highest BCUT2D eigenvalue weighted by Gasteiger charge is 2.10. The zero-order chi connectivity index (χ0) is 9.26. The Morgan fingerprint density at radius 1 is 1.38 bits per heavy atom. The first-order valence-electron chi connectivity index (χ1n) is 4.10. The van der Waals surface area contributed by atoms with E-state index in [4.69, 9.17) is 5.73 Å². The van der Waals surface area contributed by atoms with Crippen LogP contribution in [0.5, 0.6) is 0 Å². The number of alkyl halides is 1. The number of halogens is 1. The first kappa shape index (κ1) is 8.66. The predicted octanol–water partition coefficient (Wildman–Crippen LogP) is 2.87. The molecule has 1 atom stereocenters. The van der Waals surface area contributed by atoms with Crippen LogP contribution in [-0.4, -0.2) is 6.67 Å². The van der Waals surface area contributed by atoms with Crippen molar-refractivity contribution in [1.29, 1.82) is 0 Å². The number of hydrogen-bond acceptors (Lipinski definition) is 2. The molecule has 0 amide bonds. The van der Waals surface area contributed by atoms with Crippen LogP contribution >= 0.6 is 11.3 Å². The molecular weight excluding hydrogens is 185 g/mol. The molecule has 1 aromatic heterocycles. The Labute approximate surface area is 80.0 Å². The van der Waals surface area contributed by atoms with Crippen molar-refractivity contribution in [2.45, 2.75) is 6.04 Å². The molecule has 0 fully saturated rings. The lowest BCUT2D eigenvalue weighted by Crippen LogP contribution is -2.11. The largest absolute Gasteiger partial charge is 0.322 e. The normalized spacial score (nSPS) is 13.4. The summed E-state index contributed by atoms with van der Waals surface area (Å²) in [4.78, 5) is 0. The fraction of sp³-hybridized carbons (Fsp3) is 0.200. The lowest BCUT2D eigenvalue weighted by atomic mass is 10.1. The molecule has 1 aromatic carbocycles. The first-order chi connectivity index (χ1) is 6.33. The Morgan fingerprint density at radius 3 is 2.92 bits per heavy atom. The van der Waals surface area contributed by atoms with Gasteiger partial charge in [-0.1, -0.05) is 18.2 Å².